The molecule has 110 valence electrons. The maximum atomic E-state index is 5.91. The van der Waals surface area contributed by atoms with Gasteiger partial charge in [-0.05, 0) is 50.5 Å². The van der Waals surface area contributed by atoms with Crippen molar-refractivity contribution in [3.63, 3.8) is 0 Å². The molecule has 0 bridgehead atoms. The van der Waals surface area contributed by atoms with Crippen LogP contribution < -0.4 is 10.2 Å². The van der Waals surface area contributed by atoms with Crippen molar-refractivity contribution in [1.29, 1.82) is 0 Å². The zero-order valence-electron chi connectivity index (χ0n) is 12.1. The molecule has 4 nitrogen and oxygen atoms in total. The van der Waals surface area contributed by atoms with Crippen LogP contribution in [0.2, 0.25) is 5.02 Å². The van der Waals surface area contributed by atoms with Crippen LogP contribution >= 0.6 is 11.6 Å². The number of benzene rings is 1. The number of halogens is 1. The second-order valence-corrected chi connectivity index (χ2v) is 5.81. The van der Waals surface area contributed by atoms with E-state index >= 15 is 0 Å². The Morgan fingerprint density at radius 1 is 1.05 bits per heavy atom. The minimum Gasteiger partial charge on any atom is -0.341 e. The van der Waals surface area contributed by atoms with Crippen LogP contribution in [-0.4, -0.2) is 23.1 Å². The van der Waals surface area contributed by atoms with Crippen LogP contribution in [0, 0.1) is 6.92 Å². The number of hydrogen-bond donors (Lipinski definition) is 1. The van der Waals surface area contributed by atoms with Crippen LogP contribution in [-0.2, 0) is 0 Å². The van der Waals surface area contributed by atoms with Gasteiger partial charge in [-0.2, -0.15) is 4.98 Å². The summed E-state index contributed by atoms with van der Waals surface area (Å²) in [7, 11) is 0. The molecule has 1 aliphatic rings. The summed E-state index contributed by atoms with van der Waals surface area (Å²) in [5.74, 6) is 1.65. The number of anilines is 3. The molecule has 1 aliphatic heterocycles. The molecule has 2 heterocycles. The molecule has 0 unspecified atom stereocenters. The fraction of sp³-hybridized carbons (Fsp3) is 0.375. The number of rotatable bonds is 3. The molecule has 21 heavy (non-hydrogen) atoms. The Hall–Kier alpha value is -1.81. The predicted molar refractivity (Wildman–Crippen MR) is 87.6 cm³/mol. The highest BCUT2D eigenvalue weighted by atomic mass is 35.5. The Morgan fingerprint density at radius 2 is 1.76 bits per heavy atom. The summed E-state index contributed by atoms with van der Waals surface area (Å²) in [5, 5.41) is 4.05. The smallest absolute Gasteiger partial charge is 0.227 e. The third kappa shape index (κ3) is 3.64. The molecule has 1 fully saturated rings. The number of hydrogen-bond acceptors (Lipinski definition) is 4. The molecular formula is C16H19ClN4. The van der Waals surface area contributed by atoms with Gasteiger partial charge >= 0.3 is 0 Å². The van der Waals surface area contributed by atoms with Gasteiger partial charge in [0, 0.05) is 35.6 Å². The zero-order valence-corrected chi connectivity index (χ0v) is 12.9. The lowest BCUT2D eigenvalue weighted by molar-refractivity contribution is 0.568. The van der Waals surface area contributed by atoms with Crippen molar-refractivity contribution in [2.75, 3.05) is 23.3 Å². The van der Waals surface area contributed by atoms with Crippen LogP contribution in [0.1, 0.15) is 25.0 Å². The maximum absolute atomic E-state index is 5.91. The summed E-state index contributed by atoms with van der Waals surface area (Å²) in [4.78, 5) is 11.5. The minimum absolute atomic E-state index is 0.730. The summed E-state index contributed by atoms with van der Waals surface area (Å²) in [6, 6.07) is 9.58. The first-order valence-electron chi connectivity index (χ1n) is 7.34. The quantitative estimate of drug-likeness (QED) is 0.924. The monoisotopic (exact) mass is 302 g/mol. The number of piperidine rings is 1. The van der Waals surface area contributed by atoms with Gasteiger partial charge < -0.3 is 10.2 Å². The second kappa shape index (κ2) is 6.31. The van der Waals surface area contributed by atoms with Crippen molar-refractivity contribution in [3.8, 4) is 0 Å². The van der Waals surface area contributed by atoms with Gasteiger partial charge in [0.2, 0.25) is 5.95 Å². The largest absolute Gasteiger partial charge is 0.341 e. The van der Waals surface area contributed by atoms with Gasteiger partial charge in [-0.15, -0.1) is 0 Å². The molecule has 0 aliphatic carbocycles. The summed E-state index contributed by atoms with van der Waals surface area (Å²) in [6.45, 7) is 4.09. The first-order chi connectivity index (χ1) is 10.2. The number of aryl methyl sites for hydroxylation is 1. The Balaban J connectivity index is 1.81. The standard InChI is InChI=1S/C16H19ClN4/c1-12-11-15(19-14-7-5-13(17)6-8-14)20-16(18-12)21-9-3-2-4-10-21/h5-8,11H,2-4,9-10H2,1H3,(H,18,19,20). The van der Waals surface area contributed by atoms with E-state index in [2.05, 4.69) is 20.2 Å². The number of aromatic nitrogens is 2. The van der Waals surface area contributed by atoms with Crippen molar-refractivity contribution >= 4 is 29.1 Å². The Kier molecular flexibility index (Phi) is 4.25. The summed E-state index contributed by atoms with van der Waals surface area (Å²) in [6.07, 6.45) is 3.74. The third-order valence-corrected chi connectivity index (χ3v) is 3.85. The molecule has 3 rings (SSSR count). The van der Waals surface area contributed by atoms with Gasteiger partial charge in [0.1, 0.15) is 5.82 Å². The first kappa shape index (κ1) is 14.1. The Labute approximate surface area is 130 Å². The first-order valence-corrected chi connectivity index (χ1v) is 7.72. The van der Waals surface area contributed by atoms with Crippen molar-refractivity contribution < 1.29 is 0 Å². The molecule has 1 saturated heterocycles. The van der Waals surface area contributed by atoms with Gasteiger partial charge in [0.05, 0.1) is 0 Å². The van der Waals surface area contributed by atoms with E-state index in [0.717, 1.165) is 41.3 Å². The molecule has 1 aromatic carbocycles. The highest BCUT2D eigenvalue weighted by molar-refractivity contribution is 6.30. The van der Waals surface area contributed by atoms with Crippen LogP contribution in [0.4, 0.5) is 17.5 Å². The van der Waals surface area contributed by atoms with Crippen molar-refractivity contribution in [1.82, 2.24) is 9.97 Å². The van der Waals surface area contributed by atoms with E-state index in [9.17, 15) is 0 Å². The molecule has 1 N–H and O–H groups in total. The maximum Gasteiger partial charge on any atom is 0.227 e. The lowest BCUT2D eigenvalue weighted by Crippen LogP contribution is -2.31. The van der Waals surface area contributed by atoms with E-state index in [1.807, 2.05) is 37.3 Å². The van der Waals surface area contributed by atoms with E-state index < -0.39 is 0 Å². The van der Waals surface area contributed by atoms with E-state index in [1.54, 1.807) is 0 Å². The topological polar surface area (TPSA) is 41.1 Å². The van der Waals surface area contributed by atoms with E-state index in [4.69, 9.17) is 11.6 Å². The van der Waals surface area contributed by atoms with Gasteiger partial charge in [-0.1, -0.05) is 11.6 Å². The molecule has 5 heteroatoms. The SMILES string of the molecule is Cc1cc(Nc2ccc(Cl)cc2)nc(N2CCCCC2)n1. The Bertz CT molecular complexity index is 606. The summed E-state index contributed by atoms with van der Waals surface area (Å²) >= 11 is 5.91. The molecule has 1 aromatic heterocycles. The molecule has 0 amide bonds. The second-order valence-electron chi connectivity index (χ2n) is 5.37. The number of nitrogens with one attached hydrogen (secondary N) is 1. The van der Waals surface area contributed by atoms with Gasteiger partial charge in [-0.25, -0.2) is 4.98 Å². The van der Waals surface area contributed by atoms with Crippen molar-refractivity contribution in [2.45, 2.75) is 26.2 Å². The van der Waals surface area contributed by atoms with E-state index in [1.165, 1.54) is 19.3 Å². The Morgan fingerprint density at radius 3 is 2.48 bits per heavy atom. The molecule has 0 spiro atoms. The van der Waals surface area contributed by atoms with Crippen molar-refractivity contribution in [2.24, 2.45) is 0 Å². The van der Waals surface area contributed by atoms with Gasteiger partial charge in [-0.3, -0.25) is 0 Å². The molecule has 0 saturated carbocycles. The molecule has 0 radical (unpaired) electrons. The molecular weight excluding hydrogens is 284 g/mol. The predicted octanol–water partition coefficient (Wildman–Crippen LogP) is 4.17. The van der Waals surface area contributed by atoms with E-state index in [-0.39, 0.29) is 0 Å². The highest BCUT2D eigenvalue weighted by Gasteiger charge is 2.14. The average Bonchev–Trinajstić information content (AvgIpc) is 2.50. The minimum atomic E-state index is 0.730. The van der Waals surface area contributed by atoms with E-state index in [0.29, 0.717) is 0 Å². The van der Waals surface area contributed by atoms with Crippen molar-refractivity contribution in [3.05, 3.63) is 41.0 Å². The van der Waals surface area contributed by atoms with Gasteiger partial charge in [0.15, 0.2) is 0 Å². The molecule has 0 atom stereocenters. The van der Waals surface area contributed by atoms with Crippen LogP contribution in [0.25, 0.3) is 0 Å². The fourth-order valence-electron chi connectivity index (χ4n) is 2.53. The lowest BCUT2D eigenvalue weighted by Gasteiger charge is -2.27. The van der Waals surface area contributed by atoms with Crippen LogP contribution in [0.5, 0.6) is 0 Å². The summed E-state index contributed by atoms with van der Waals surface area (Å²) in [5.41, 5.74) is 1.95. The zero-order chi connectivity index (χ0) is 14.7. The number of nitrogens with zero attached hydrogens (tertiary/aromatic N) is 3. The van der Waals surface area contributed by atoms with Crippen LogP contribution in [0.3, 0.4) is 0 Å². The normalized spacial score (nSPS) is 15.0. The average molecular weight is 303 g/mol. The van der Waals surface area contributed by atoms with Crippen LogP contribution in [0.15, 0.2) is 30.3 Å². The molecule has 2 aromatic rings. The third-order valence-electron chi connectivity index (χ3n) is 3.60. The fourth-order valence-corrected chi connectivity index (χ4v) is 2.66. The van der Waals surface area contributed by atoms with Gasteiger partial charge in [0.25, 0.3) is 0 Å². The lowest BCUT2D eigenvalue weighted by atomic mass is 10.1. The highest BCUT2D eigenvalue weighted by Crippen LogP contribution is 2.22. The summed E-state index contributed by atoms with van der Waals surface area (Å²) < 4.78 is 0.